The van der Waals surface area contributed by atoms with E-state index >= 15 is 0 Å². The number of unbranched alkanes of at least 4 members (excludes halogenated alkanes) is 1. The molecule has 104 valence electrons. The number of fused-ring (bicyclic) bond motifs is 1. The van der Waals surface area contributed by atoms with Crippen LogP contribution in [0.4, 0.5) is 0 Å². The normalized spacial score (nSPS) is 15.0. The molecular weight excluding hydrogens is 244 g/mol. The maximum Gasteiger partial charge on any atom is 0.303 e. The van der Waals surface area contributed by atoms with Crippen LogP contribution in [-0.2, 0) is 4.79 Å². The van der Waals surface area contributed by atoms with Crippen LogP contribution in [0.3, 0.4) is 0 Å². The number of benzene rings is 1. The maximum atomic E-state index is 10.4. The molecule has 0 radical (unpaired) electrons. The van der Waals surface area contributed by atoms with Gasteiger partial charge in [-0.3, -0.25) is 4.79 Å². The predicted octanol–water partition coefficient (Wildman–Crippen LogP) is 3.21. The summed E-state index contributed by atoms with van der Waals surface area (Å²) < 4.78 is 11.1. The fraction of sp³-hybridized carbons (Fsp3) is 0.533. The number of hydrogen-bond acceptors (Lipinski definition) is 3. The van der Waals surface area contributed by atoms with Gasteiger partial charge < -0.3 is 14.6 Å². The summed E-state index contributed by atoms with van der Waals surface area (Å²) >= 11 is 0. The Hall–Kier alpha value is -1.71. The number of carboxylic acids is 1. The lowest BCUT2D eigenvalue weighted by Gasteiger charge is -2.20. The molecular formula is C15H20O4. The lowest BCUT2D eigenvalue weighted by Crippen LogP contribution is -2.15. The van der Waals surface area contributed by atoms with Crippen molar-refractivity contribution in [3.8, 4) is 11.5 Å². The van der Waals surface area contributed by atoms with Crippen LogP contribution in [0.2, 0.25) is 0 Å². The van der Waals surface area contributed by atoms with E-state index in [1.165, 1.54) is 5.56 Å². The average Bonchev–Trinajstić information content (AvgIpc) is 2.42. The Morgan fingerprint density at radius 1 is 1.26 bits per heavy atom. The van der Waals surface area contributed by atoms with Gasteiger partial charge in [-0.1, -0.05) is 19.4 Å². The second kappa shape index (κ2) is 6.45. The van der Waals surface area contributed by atoms with Gasteiger partial charge in [0.25, 0.3) is 0 Å². The van der Waals surface area contributed by atoms with Gasteiger partial charge in [0.1, 0.15) is 13.2 Å². The molecule has 1 aromatic carbocycles. The molecule has 1 heterocycles. The highest BCUT2D eigenvalue weighted by Gasteiger charge is 2.14. The van der Waals surface area contributed by atoms with Crippen molar-refractivity contribution in [3.05, 3.63) is 23.8 Å². The van der Waals surface area contributed by atoms with E-state index in [0.717, 1.165) is 30.8 Å². The lowest BCUT2D eigenvalue weighted by molar-refractivity contribution is -0.137. The van der Waals surface area contributed by atoms with E-state index in [4.69, 9.17) is 14.6 Å². The molecule has 1 aliphatic heterocycles. The van der Waals surface area contributed by atoms with Crippen LogP contribution in [0.1, 0.15) is 44.1 Å². The molecule has 2 rings (SSSR count). The number of hydrogen-bond donors (Lipinski definition) is 1. The fourth-order valence-electron chi connectivity index (χ4n) is 2.26. The predicted molar refractivity (Wildman–Crippen MR) is 72.0 cm³/mol. The molecule has 0 saturated heterocycles. The number of aliphatic carboxylic acids is 1. The van der Waals surface area contributed by atoms with Crippen molar-refractivity contribution < 1.29 is 19.4 Å². The first-order chi connectivity index (χ1) is 9.16. The van der Waals surface area contributed by atoms with Crippen LogP contribution < -0.4 is 9.47 Å². The summed E-state index contributed by atoms with van der Waals surface area (Å²) in [6.45, 7) is 3.37. The largest absolute Gasteiger partial charge is 0.486 e. The average molecular weight is 264 g/mol. The Bertz CT molecular complexity index is 442. The minimum atomic E-state index is -0.716. The van der Waals surface area contributed by atoms with Gasteiger partial charge in [0.05, 0.1) is 0 Å². The number of carbonyl (C=O) groups is 1. The molecule has 0 bridgehead atoms. The Morgan fingerprint density at radius 2 is 2.00 bits per heavy atom. The molecule has 0 saturated carbocycles. The highest BCUT2D eigenvalue weighted by atomic mass is 16.6. The summed E-state index contributed by atoms with van der Waals surface area (Å²) in [4.78, 5) is 10.4. The molecule has 0 fully saturated rings. The molecule has 1 aliphatic rings. The Balaban J connectivity index is 1.88. The molecule has 4 nitrogen and oxygen atoms in total. The van der Waals surface area contributed by atoms with Crippen LogP contribution in [-0.4, -0.2) is 24.3 Å². The van der Waals surface area contributed by atoms with E-state index in [9.17, 15) is 4.79 Å². The van der Waals surface area contributed by atoms with Gasteiger partial charge in [-0.05, 0) is 36.5 Å². The minimum absolute atomic E-state index is 0.258. The SMILES string of the molecule is CC(CCCCC(=O)O)c1ccc2c(c1)OCCO2. The van der Waals surface area contributed by atoms with Gasteiger partial charge in [-0.25, -0.2) is 0 Å². The molecule has 1 N–H and O–H groups in total. The van der Waals surface area contributed by atoms with Crippen LogP contribution in [0.5, 0.6) is 11.5 Å². The van der Waals surface area contributed by atoms with Gasteiger partial charge in [0.2, 0.25) is 0 Å². The monoisotopic (exact) mass is 264 g/mol. The van der Waals surface area contributed by atoms with E-state index in [0.29, 0.717) is 19.1 Å². The van der Waals surface area contributed by atoms with Crippen LogP contribution in [0.15, 0.2) is 18.2 Å². The van der Waals surface area contributed by atoms with Crippen molar-refractivity contribution >= 4 is 5.97 Å². The minimum Gasteiger partial charge on any atom is -0.486 e. The van der Waals surface area contributed by atoms with Gasteiger partial charge in [0.15, 0.2) is 11.5 Å². The molecule has 0 aromatic heterocycles. The maximum absolute atomic E-state index is 10.4. The molecule has 0 aliphatic carbocycles. The van der Waals surface area contributed by atoms with Gasteiger partial charge >= 0.3 is 5.97 Å². The van der Waals surface area contributed by atoms with Crippen molar-refractivity contribution in [1.29, 1.82) is 0 Å². The summed E-state index contributed by atoms with van der Waals surface area (Å²) in [6, 6.07) is 6.06. The zero-order valence-electron chi connectivity index (χ0n) is 11.2. The zero-order valence-corrected chi connectivity index (χ0v) is 11.2. The van der Waals surface area contributed by atoms with Crippen LogP contribution in [0.25, 0.3) is 0 Å². The standard InChI is InChI=1S/C15H20O4/c1-11(4-2-3-5-15(16)17)12-6-7-13-14(10-12)19-9-8-18-13/h6-7,10-11H,2-5,8-9H2,1H3,(H,16,17). The second-order valence-electron chi connectivity index (χ2n) is 4.94. The molecule has 1 atom stereocenters. The third-order valence-electron chi connectivity index (χ3n) is 3.41. The third kappa shape index (κ3) is 3.88. The van der Waals surface area contributed by atoms with E-state index in [2.05, 4.69) is 13.0 Å². The summed E-state index contributed by atoms with van der Waals surface area (Å²) in [7, 11) is 0. The van der Waals surface area contributed by atoms with Crippen LogP contribution >= 0.6 is 0 Å². The fourth-order valence-corrected chi connectivity index (χ4v) is 2.26. The molecule has 1 aromatic rings. The van der Waals surface area contributed by atoms with Crippen molar-refractivity contribution in [2.45, 2.75) is 38.5 Å². The number of ether oxygens (including phenoxy) is 2. The first kappa shape index (κ1) is 13.7. The summed E-state index contributed by atoms with van der Waals surface area (Å²) in [5.41, 5.74) is 1.22. The van der Waals surface area contributed by atoms with E-state index in [1.807, 2.05) is 12.1 Å². The van der Waals surface area contributed by atoms with E-state index in [-0.39, 0.29) is 6.42 Å². The first-order valence-corrected chi connectivity index (χ1v) is 6.78. The highest BCUT2D eigenvalue weighted by molar-refractivity contribution is 5.66. The summed E-state index contributed by atoms with van der Waals surface area (Å²) in [6.07, 6.45) is 2.92. The lowest BCUT2D eigenvalue weighted by atomic mass is 9.94. The van der Waals surface area contributed by atoms with Gasteiger partial charge in [-0.15, -0.1) is 0 Å². The van der Waals surface area contributed by atoms with E-state index in [1.54, 1.807) is 0 Å². The van der Waals surface area contributed by atoms with Gasteiger partial charge in [0, 0.05) is 6.42 Å². The molecule has 0 amide bonds. The number of rotatable bonds is 6. The Kier molecular flexibility index (Phi) is 4.66. The van der Waals surface area contributed by atoms with Crippen molar-refractivity contribution in [1.82, 2.24) is 0 Å². The third-order valence-corrected chi connectivity index (χ3v) is 3.41. The summed E-state index contributed by atoms with van der Waals surface area (Å²) in [5.74, 6) is 1.32. The smallest absolute Gasteiger partial charge is 0.303 e. The quantitative estimate of drug-likeness (QED) is 0.802. The molecule has 1 unspecified atom stereocenters. The summed E-state index contributed by atoms with van der Waals surface area (Å²) in [5, 5.41) is 8.60. The highest BCUT2D eigenvalue weighted by Crippen LogP contribution is 2.34. The van der Waals surface area contributed by atoms with Crippen molar-refractivity contribution in [3.63, 3.8) is 0 Å². The van der Waals surface area contributed by atoms with Crippen LogP contribution in [0, 0.1) is 0 Å². The molecule has 19 heavy (non-hydrogen) atoms. The zero-order chi connectivity index (χ0) is 13.7. The number of carboxylic acid groups (broad SMARTS) is 1. The van der Waals surface area contributed by atoms with E-state index < -0.39 is 5.97 Å². The van der Waals surface area contributed by atoms with Crippen molar-refractivity contribution in [2.75, 3.05) is 13.2 Å². The molecule has 0 spiro atoms. The van der Waals surface area contributed by atoms with Crippen molar-refractivity contribution in [2.24, 2.45) is 0 Å². The molecule has 4 heteroatoms. The van der Waals surface area contributed by atoms with Gasteiger partial charge in [-0.2, -0.15) is 0 Å². The Labute approximate surface area is 113 Å². The topological polar surface area (TPSA) is 55.8 Å². The Morgan fingerprint density at radius 3 is 2.74 bits per heavy atom. The first-order valence-electron chi connectivity index (χ1n) is 6.78. The second-order valence-corrected chi connectivity index (χ2v) is 4.94.